The molecule has 0 radical (unpaired) electrons. The van der Waals surface area contributed by atoms with E-state index in [1.54, 1.807) is 6.20 Å². The van der Waals surface area contributed by atoms with Crippen LogP contribution in [-0.4, -0.2) is 33.3 Å². The maximum atomic E-state index is 4.51. The summed E-state index contributed by atoms with van der Waals surface area (Å²) in [5.74, 6) is 1.71. The van der Waals surface area contributed by atoms with E-state index >= 15 is 0 Å². The molecule has 1 saturated heterocycles. The minimum atomic E-state index is 0.710. The third-order valence-electron chi connectivity index (χ3n) is 2.98. The van der Waals surface area contributed by atoms with Crippen LogP contribution >= 0.6 is 0 Å². The van der Waals surface area contributed by atoms with E-state index < -0.39 is 0 Å². The van der Waals surface area contributed by atoms with Crippen molar-refractivity contribution in [1.29, 1.82) is 0 Å². The van der Waals surface area contributed by atoms with Crippen molar-refractivity contribution in [2.24, 2.45) is 0 Å². The Kier molecular flexibility index (Phi) is 2.73. The number of aromatic nitrogens is 4. The molecule has 0 unspecified atom stereocenters. The lowest BCUT2D eigenvalue weighted by atomic mass is 10.3. The van der Waals surface area contributed by atoms with Crippen LogP contribution in [0.5, 0.6) is 0 Å². The standard InChI is InChI=1S/C12H15N5/c1-2-6-13-10(5-1)9-11-14-12(16-15-11)17-7-3-4-8-17/h1-2,5-6H,3-4,7-9H2,(H,14,15,16). The van der Waals surface area contributed by atoms with Gasteiger partial charge in [0.2, 0.25) is 5.95 Å². The molecule has 1 fully saturated rings. The zero-order valence-corrected chi connectivity index (χ0v) is 9.63. The first kappa shape index (κ1) is 10.3. The molecular weight excluding hydrogens is 214 g/mol. The van der Waals surface area contributed by atoms with Gasteiger partial charge in [-0.15, -0.1) is 5.10 Å². The van der Waals surface area contributed by atoms with Crippen molar-refractivity contribution in [3.05, 3.63) is 35.9 Å². The molecule has 17 heavy (non-hydrogen) atoms. The first-order valence-electron chi connectivity index (χ1n) is 5.98. The van der Waals surface area contributed by atoms with Gasteiger partial charge in [0.15, 0.2) is 0 Å². The maximum absolute atomic E-state index is 4.51. The van der Waals surface area contributed by atoms with Gasteiger partial charge in [0.25, 0.3) is 0 Å². The molecule has 2 aromatic rings. The average molecular weight is 229 g/mol. The Morgan fingerprint density at radius 3 is 2.88 bits per heavy atom. The lowest BCUT2D eigenvalue weighted by molar-refractivity contribution is 0.903. The Hall–Kier alpha value is -1.91. The van der Waals surface area contributed by atoms with Crippen LogP contribution in [-0.2, 0) is 6.42 Å². The largest absolute Gasteiger partial charge is 0.340 e. The maximum Gasteiger partial charge on any atom is 0.244 e. The van der Waals surface area contributed by atoms with Crippen LogP contribution in [0.15, 0.2) is 24.4 Å². The number of H-pyrrole nitrogens is 1. The zero-order chi connectivity index (χ0) is 11.5. The number of anilines is 1. The van der Waals surface area contributed by atoms with Crippen LogP contribution in [0.1, 0.15) is 24.4 Å². The number of hydrogen-bond donors (Lipinski definition) is 1. The molecule has 2 aromatic heterocycles. The van der Waals surface area contributed by atoms with E-state index in [0.29, 0.717) is 6.42 Å². The monoisotopic (exact) mass is 229 g/mol. The summed E-state index contributed by atoms with van der Waals surface area (Å²) in [6.07, 6.45) is 4.99. The first-order chi connectivity index (χ1) is 8.42. The van der Waals surface area contributed by atoms with Gasteiger partial charge in [0.05, 0.1) is 0 Å². The van der Waals surface area contributed by atoms with Gasteiger partial charge in [0, 0.05) is 31.4 Å². The second-order valence-corrected chi connectivity index (χ2v) is 4.27. The van der Waals surface area contributed by atoms with E-state index in [9.17, 15) is 0 Å². The van der Waals surface area contributed by atoms with Gasteiger partial charge in [-0.05, 0) is 25.0 Å². The normalized spacial score (nSPS) is 15.4. The number of hydrogen-bond acceptors (Lipinski definition) is 4. The molecule has 3 heterocycles. The van der Waals surface area contributed by atoms with E-state index in [4.69, 9.17) is 0 Å². The first-order valence-corrected chi connectivity index (χ1v) is 5.98. The Morgan fingerprint density at radius 1 is 1.24 bits per heavy atom. The average Bonchev–Trinajstić information content (AvgIpc) is 3.00. The van der Waals surface area contributed by atoms with E-state index in [1.165, 1.54) is 12.8 Å². The fourth-order valence-electron chi connectivity index (χ4n) is 2.10. The lowest BCUT2D eigenvalue weighted by Crippen LogP contribution is -2.18. The second kappa shape index (κ2) is 4.53. The molecule has 0 spiro atoms. The van der Waals surface area contributed by atoms with E-state index in [-0.39, 0.29) is 0 Å². The van der Waals surface area contributed by atoms with Gasteiger partial charge in [0.1, 0.15) is 5.82 Å². The summed E-state index contributed by atoms with van der Waals surface area (Å²) in [7, 11) is 0. The summed E-state index contributed by atoms with van der Waals surface area (Å²) >= 11 is 0. The van der Waals surface area contributed by atoms with Gasteiger partial charge in [-0.3, -0.25) is 10.1 Å². The summed E-state index contributed by atoms with van der Waals surface area (Å²) in [6, 6.07) is 5.90. The molecule has 5 nitrogen and oxygen atoms in total. The predicted octanol–water partition coefficient (Wildman–Crippen LogP) is 1.39. The van der Waals surface area contributed by atoms with Gasteiger partial charge in [-0.1, -0.05) is 6.07 Å². The number of pyridine rings is 1. The second-order valence-electron chi connectivity index (χ2n) is 4.27. The highest BCUT2D eigenvalue weighted by molar-refractivity contribution is 5.30. The van der Waals surface area contributed by atoms with Crippen molar-refractivity contribution in [1.82, 2.24) is 20.2 Å². The van der Waals surface area contributed by atoms with Gasteiger partial charge >= 0.3 is 0 Å². The summed E-state index contributed by atoms with van der Waals surface area (Å²) in [4.78, 5) is 11.0. The molecule has 0 amide bonds. The lowest BCUT2D eigenvalue weighted by Gasteiger charge is -2.10. The van der Waals surface area contributed by atoms with Gasteiger partial charge < -0.3 is 4.90 Å². The summed E-state index contributed by atoms with van der Waals surface area (Å²) in [5.41, 5.74) is 1.01. The molecule has 5 heteroatoms. The highest BCUT2D eigenvalue weighted by Crippen LogP contribution is 2.15. The molecule has 88 valence electrons. The fourth-order valence-corrected chi connectivity index (χ4v) is 2.10. The number of rotatable bonds is 3. The van der Waals surface area contributed by atoms with Crippen molar-refractivity contribution in [3.63, 3.8) is 0 Å². The van der Waals surface area contributed by atoms with Crippen molar-refractivity contribution in [3.8, 4) is 0 Å². The third kappa shape index (κ3) is 2.27. The minimum Gasteiger partial charge on any atom is -0.340 e. The van der Waals surface area contributed by atoms with Crippen molar-refractivity contribution >= 4 is 5.95 Å². The molecule has 1 aliphatic heterocycles. The fraction of sp³-hybridized carbons (Fsp3) is 0.417. The van der Waals surface area contributed by atoms with Crippen LogP contribution in [0.2, 0.25) is 0 Å². The van der Waals surface area contributed by atoms with Crippen LogP contribution in [0.3, 0.4) is 0 Å². The molecule has 0 atom stereocenters. The molecule has 0 aliphatic carbocycles. The highest BCUT2D eigenvalue weighted by Gasteiger charge is 2.16. The molecule has 1 aliphatic rings. The quantitative estimate of drug-likeness (QED) is 0.864. The Balaban J connectivity index is 1.72. The molecular formula is C12H15N5. The van der Waals surface area contributed by atoms with Crippen molar-refractivity contribution < 1.29 is 0 Å². The smallest absolute Gasteiger partial charge is 0.244 e. The third-order valence-corrected chi connectivity index (χ3v) is 2.98. The number of aromatic amines is 1. The van der Waals surface area contributed by atoms with Crippen LogP contribution in [0.4, 0.5) is 5.95 Å². The Morgan fingerprint density at radius 2 is 2.12 bits per heavy atom. The number of nitrogens with one attached hydrogen (secondary N) is 1. The van der Waals surface area contributed by atoms with Crippen LogP contribution in [0, 0.1) is 0 Å². The van der Waals surface area contributed by atoms with Crippen LogP contribution in [0.25, 0.3) is 0 Å². The molecule has 0 aromatic carbocycles. The summed E-state index contributed by atoms with van der Waals surface area (Å²) in [6.45, 7) is 2.14. The van der Waals surface area contributed by atoms with Gasteiger partial charge in [-0.2, -0.15) is 4.98 Å². The summed E-state index contributed by atoms with van der Waals surface area (Å²) in [5, 5.41) is 7.24. The van der Waals surface area contributed by atoms with Gasteiger partial charge in [-0.25, -0.2) is 0 Å². The van der Waals surface area contributed by atoms with Crippen LogP contribution < -0.4 is 4.90 Å². The van der Waals surface area contributed by atoms with E-state index in [1.807, 2.05) is 18.2 Å². The van der Waals surface area contributed by atoms with E-state index in [2.05, 4.69) is 25.1 Å². The topological polar surface area (TPSA) is 57.7 Å². The number of nitrogens with zero attached hydrogens (tertiary/aromatic N) is 4. The molecule has 0 bridgehead atoms. The SMILES string of the molecule is c1ccc(Cc2nc(N3CCCC3)n[nH]2)nc1. The Labute approximate surface area is 99.9 Å². The molecule has 1 N–H and O–H groups in total. The van der Waals surface area contributed by atoms with Crippen molar-refractivity contribution in [2.75, 3.05) is 18.0 Å². The van der Waals surface area contributed by atoms with Crippen molar-refractivity contribution in [2.45, 2.75) is 19.3 Å². The summed E-state index contributed by atoms with van der Waals surface area (Å²) < 4.78 is 0. The highest BCUT2D eigenvalue weighted by atomic mass is 15.4. The molecule has 0 saturated carbocycles. The molecule has 3 rings (SSSR count). The minimum absolute atomic E-state index is 0.710. The van der Waals surface area contributed by atoms with E-state index in [0.717, 1.165) is 30.6 Å². The predicted molar refractivity (Wildman–Crippen MR) is 64.9 cm³/mol. The Bertz CT molecular complexity index is 473. The zero-order valence-electron chi connectivity index (χ0n) is 9.63.